The molecule has 22 heavy (non-hydrogen) atoms. The van der Waals surface area contributed by atoms with E-state index in [2.05, 4.69) is 10.4 Å². The number of hydrogen-bond acceptors (Lipinski definition) is 4. The minimum absolute atomic E-state index is 0.160. The molecule has 0 aliphatic carbocycles. The minimum Gasteiger partial charge on any atom is -0.387 e. The molecule has 5 nitrogen and oxygen atoms in total. The van der Waals surface area contributed by atoms with E-state index in [1.165, 1.54) is 11.3 Å². The molecule has 1 amide bonds. The molecule has 0 radical (unpaired) electrons. The molecule has 1 aromatic carbocycles. The van der Waals surface area contributed by atoms with Crippen LogP contribution in [0, 0.1) is 0 Å². The van der Waals surface area contributed by atoms with Crippen LogP contribution >= 0.6 is 11.3 Å². The van der Waals surface area contributed by atoms with Crippen molar-refractivity contribution in [3.63, 3.8) is 0 Å². The summed E-state index contributed by atoms with van der Waals surface area (Å²) >= 11 is 1.51. The third-order valence-corrected chi connectivity index (χ3v) is 3.93. The van der Waals surface area contributed by atoms with Crippen LogP contribution in [-0.2, 0) is 0 Å². The topological polar surface area (TPSA) is 67.2 Å². The van der Waals surface area contributed by atoms with Crippen molar-refractivity contribution in [1.82, 2.24) is 15.1 Å². The summed E-state index contributed by atoms with van der Waals surface area (Å²) in [6.45, 7) is 0.160. The fourth-order valence-corrected chi connectivity index (χ4v) is 2.74. The van der Waals surface area contributed by atoms with Gasteiger partial charge in [0.1, 0.15) is 0 Å². The van der Waals surface area contributed by atoms with Crippen LogP contribution in [0.25, 0.3) is 5.69 Å². The maximum Gasteiger partial charge on any atom is 0.271 e. The van der Waals surface area contributed by atoms with E-state index in [1.54, 1.807) is 16.9 Å². The van der Waals surface area contributed by atoms with Gasteiger partial charge in [0.2, 0.25) is 0 Å². The Morgan fingerprint density at radius 1 is 1.27 bits per heavy atom. The summed E-state index contributed by atoms with van der Waals surface area (Å²) in [5.74, 6) is -0.302. The first-order valence-electron chi connectivity index (χ1n) is 6.83. The fourth-order valence-electron chi connectivity index (χ4n) is 2.03. The molecule has 0 saturated carbocycles. The number of amides is 1. The van der Waals surface area contributed by atoms with Crippen molar-refractivity contribution in [3.8, 4) is 5.69 Å². The fraction of sp³-hybridized carbons (Fsp3) is 0.125. The quantitative estimate of drug-likeness (QED) is 0.760. The van der Waals surface area contributed by atoms with E-state index in [-0.39, 0.29) is 12.5 Å². The smallest absolute Gasteiger partial charge is 0.271 e. The number of aliphatic hydroxyl groups excluding tert-OH is 1. The lowest BCUT2D eigenvalue weighted by Gasteiger charge is -2.09. The predicted octanol–water partition coefficient (Wildman–Crippen LogP) is 2.40. The van der Waals surface area contributed by atoms with Crippen LogP contribution in [0.2, 0.25) is 0 Å². The van der Waals surface area contributed by atoms with E-state index >= 15 is 0 Å². The Balaban J connectivity index is 1.62. The van der Waals surface area contributed by atoms with E-state index in [9.17, 15) is 9.90 Å². The third kappa shape index (κ3) is 3.24. The Kier molecular flexibility index (Phi) is 4.32. The number of benzene rings is 1. The predicted molar refractivity (Wildman–Crippen MR) is 85.2 cm³/mol. The first kappa shape index (κ1) is 14.5. The molecular weight excluding hydrogens is 298 g/mol. The molecular formula is C16H15N3O2S. The van der Waals surface area contributed by atoms with Crippen LogP contribution in [0.3, 0.4) is 0 Å². The van der Waals surface area contributed by atoms with E-state index in [0.29, 0.717) is 5.69 Å². The molecule has 3 aromatic rings. The molecule has 0 aliphatic rings. The lowest BCUT2D eigenvalue weighted by Crippen LogP contribution is -2.28. The zero-order valence-corrected chi connectivity index (χ0v) is 12.5. The molecule has 1 atom stereocenters. The second kappa shape index (κ2) is 6.55. The van der Waals surface area contributed by atoms with Crippen LogP contribution in [0.4, 0.5) is 0 Å². The van der Waals surface area contributed by atoms with Gasteiger partial charge in [-0.1, -0.05) is 18.2 Å². The molecule has 3 rings (SSSR count). The molecule has 6 heteroatoms. The standard InChI is InChI=1S/C16H15N3O2S/c20-15(12-7-9-22-11-12)10-17-16(21)14-6-8-19(18-14)13-4-2-1-3-5-13/h1-9,11,15,20H,10H2,(H,17,21). The highest BCUT2D eigenvalue weighted by molar-refractivity contribution is 7.07. The molecule has 0 saturated heterocycles. The monoisotopic (exact) mass is 313 g/mol. The van der Waals surface area contributed by atoms with Crippen molar-refractivity contribution in [2.24, 2.45) is 0 Å². The van der Waals surface area contributed by atoms with Crippen LogP contribution < -0.4 is 5.32 Å². The first-order chi connectivity index (χ1) is 10.7. The average molecular weight is 313 g/mol. The number of carbonyl (C=O) groups is 1. The number of carbonyl (C=O) groups excluding carboxylic acids is 1. The summed E-state index contributed by atoms with van der Waals surface area (Å²) in [5.41, 5.74) is 2.02. The molecule has 0 fully saturated rings. The lowest BCUT2D eigenvalue weighted by molar-refractivity contribution is 0.0911. The number of nitrogens with zero attached hydrogens (tertiary/aromatic N) is 2. The van der Waals surface area contributed by atoms with Gasteiger partial charge in [-0.15, -0.1) is 0 Å². The normalized spacial score (nSPS) is 12.0. The number of aromatic nitrogens is 2. The van der Waals surface area contributed by atoms with Gasteiger partial charge in [0, 0.05) is 12.7 Å². The van der Waals surface area contributed by atoms with Gasteiger partial charge in [-0.2, -0.15) is 16.4 Å². The number of hydrogen-bond donors (Lipinski definition) is 2. The van der Waals surface area contributed by atoms with E-state index < -0.39 is 6.10 Å². The van der Waals surface area contributed by atoms with Gasteiger partial charge < -0.3 is 10.4 Å². The number of nitrogens with one attached hydrogen (secondary N) is 1. The Hall–Kier alpha value is -2.44. The Bertz CT molecular complexity index is 738. The van der Waals surface area contributed by atoms with Gasteiger partial charge in [0.25, 0.3) is 5.91 Å². The van der Waals surface area contributed by atoms with Gasteiger partial charge in [-0.05, 0) is 40.6 Å². The zero-order chi connectivity index (χ0) is 15.4. The second-order valence-electron chi connectivity index (χ2n) is 4.76. The van der Waals surface area contributed by atoms with Crippen LogP contribution in [0.5, 0.6) is 0 Å². The first-order valence-corrected chi connectivity index (χ1v) is 7.78. The summed E-state index contributed by atoms with van der Waals surface area (Å²) in [6.07, 6.45) is 1.03. The van der Waals surface area contributed by atoms with Crippen molar-refractivity contribution in [2.45, 2.75) is 6.10 Å². The van der Waals surface area contributed by atoms with Crippen molar-refractivity contribution >= 4 is 17.2 Å². The molecule has 112 valence electrons. The van der Waals surface area contributed by atoms with Crippen molar-refractivity contribution in [2.75, 3.05) is 6.54 Å². The molecule has 0 spiro atoms. The van der Waals surface area contributed by atoms with Gasteiger partial charge in [-0.25, -0.2) is 4.68 Å². The Labute approximate surface area is 131 Å². The largest absolute Gasteiger partial charge is 0.387 e. The number of thiophene rings is 1. The van der Waals surface area contributed by atoms with Gasteiger partial charge in [0.15, 0.2) is 5.69 Å². The number of para-hydroxylation sites is 1. The summed E-state index contributed by atoms with van der Waals surface area (Å²) in [4.78, 5) is 12.1. The number of aliphatic hydroxyl groups is 1. The maximum atomic E-state index is 12.1. The highest BCUT2D eigenvalue weighted by atomic mass is 32.1. The van der Waals surface area contributed by atoms with Gasteiger partial charge in [0.05, 0.1) is 11.8 Å². The van der Waals surface area contributed by atoms with Gasteiger partial charge in [-0.3, -0.25) is 4.79 Å². The molecule has 2 aromatic heterocycles. The van der Waals surface area contributed by atoms with Gasteiger partial charge >= 0.3 is 0 Å². The van der Waals surface area contributed by atoms with E-state index in [0.717, 1.165) is 11.3 Å². The van der Waals surface area contributed by atoms with Crippen molar-refractivity contribution in [1.29, 1.82) is 0 Å². The van der Waals surface area contributed by atoms with Crippen molar-refractivity contribution in [3.05, 3.63) is 70.7 Å². The van der Waals surface area contributed by atoms with Crippen LogP contribution in [-0.4, -0.2) is 27.3 Å². The molecule has 0 bridgehead atoms. The number of rotatable bonds is 5. The summed E-state index contributed by atoms with van der Waals surface area (Å²) in [5, 5.41) is 20.6. The third-order valence-electron chi connectivity index (χ3n) is 3.23. The summed E-state index contributed by atoms with van der Waals surface area (Å²) in [7, 11) is 0. The Morgan fingerprint density at radius 3 is 2.82 bits per heavy atom. The Morgan fingerprint density at radius 2 is 2.09 bits per heavy atom. The summed E-state index contributed by atoms with van der Waals surface area (Å²) in [6, 6.07) is 13.1. The van der Waals surface area contributed by atoms with Crippen LogP contribution in [0.15, 0.2) is 59.4 Å². The molecule has 1 unspecified atom stereocenters. The maximum absolute atomic E-state index is 12.1. The second-order valence-corrected chi connectivity index (χ2v) is 5.54. The summed E-state index contributed by atoms with van der Waals surface area (Å²) < 4.78 is 1.64. The minimum atomic E-state index is -0.702. The lowest BCUT2D eigenvalue weighted by atomic mass is 10.2. The zero-order valence-electron chi connectivity index (χ0n) is 11.7. The average Bonchev–Trinajstić information content (AvgIpc) is 3.24. The highest BCUT2D eigenvalue weighted by Crippen LogP contribution is 2.15. The highest BCUT2D eigenvalue weighted by Gasteiger charge is 2.13. The van der Waals surface area contributed by atoms with Crippen molar-refractivity contribution < 1.29 is 9.90 Å². The molecule has 2 N–H and O–H groups in total. The van der Waals surface area contributed by atoms with Crippen LogP contribution in [0.1, 0.15) is 22.2 Å². The molecule has 2 heterocycles. The molecule has 0 aliphatic heterocycles. The van der Waals surface area contributed by atoms with E-state index in [1.807, 2.05) is 47.2 Å². The SMILES string of the molecule is O=C(NCC(O)c1ccsc1)c1ccn(-c2ccccc2)n1. The van der Waals surface area contributed by atoms with E-state index in [4.69, 9.17) is 0 Å².